The summed E-state index contributed by atoms with van der Waals surface area (Å²) >= 11 is 5.90. The first-order valence-electron chi connectivity index (χ1n) is 11.3. The van der Waals surface area contributed by atoms with E-state index in [9.17, 15) is 9.59 Å². The van der Waals surface area contributed by atoms with Crippen molar-refractivity contribution in [2.24, 2.45) is 5.10 Å². The first kappa shape index (κ1) is 25.5. The van der Waals surface area contributed by atoms with Crippen molar-refractivity contribution in [2.75, 3.05) is 6.61 Å². The zero-order chi connectivity index (χ0) is 25.9. The van der Waals surface area contributed by atoms with Gasteiger partial charge >= 0.3 is 5.97 Å². The van der Waals surface area contributed by atoms with Crippen molar-refractivity contribution >= 4 is 29.7 Å². The van der Waals surface area contributed by atoms with Crippen molar-refractivity contribution in [3.05, 3.63) is 125 Å². The highest BCUT2D eigenvalue weighted by Crippen LogP contribution is 2.19. The second kappa shape index (κ2) is 12.9. The third-order valence-electron chi connectivity index (χ3n) is 5.00. The van der Waals surface area contributed by atoms with Crippen molar-refractivity contribution < 1.29 is 23.8 Å². The van der Waals surface area contributed by atoms with E-state index >= 15 is 0 Å². The minimum Gasteiger partial charge on any atom is -0.489 e. The second-order valence-corrected chi connectivity index (χ2v) is 8.23. The SMILES string of the molecule is O=C(COc1ccc(OCc2ccccc2)cc1)NN=Cc1ccc(OC(=O)c2cccc(Cl)c2)cc1. The molecule has 0 aliphatic rings. The number of nitrogens with zero attached hydrogens (tertiary/aromatic N) is 1. The van der Waals surface area contributed by atoms with Crippen LogP contribution in [0.15, 0.2) is 108 Å². The Hall–Kier alpha value is -4.62. The quantitative estimate of drug-likeness (QED) is 0.128. The van der Waals surface area contributed by atoms with Crippen LogP contribution >= 0.6 is 11.6 Å². The standard InChI is InChI=1S/C29H23ClN2O5/c30-24-8-4-7-23(17-24)29(34)37-27-11-9-21(10-12-27)18-31-32-28(33)20-36-26-15-13-25(14-16-26)35-19-22-5-2-1-3-6-22/h1-18H,19-20H2,(H,32,33). The molecule has 4 rings (SSSR count). The Labute approximate surface area is 219 Å². The van der Waals surface area contributed by atoms with E-state index in [0.29, 0.717) is 40.0 Å². The number of benzene rings is 4. The van der Waals surface area contributed by atoms with Crippen molar-refractivity contribution in [1.29, 1.82) is 0 Å². The summed E-state index contributed by atoms with van der Waals surface area (Å²) in [6, 6.07) is 30.1. The van der Waals surface area contributed by atoms with Gasteiger partial charge in [-0.25, -0.2) is 10.2 Å². The molecule has 1 N–H and O–H groups in total. The maximum absolute atomic E-state index is 12.2. The smallest absolute Gasteiger partial charge is 0.343 e. The maximum Gasteiger partial charge on any atom is 0.343 e. The Balaban J connectivity index is 1.18. The van der Waals surface area contributed by atoms with Gasteiger partial charge in [-0.3, -0.25) is 4.79 Å². The van der Waals surface area contributed by atoms with Crippen LogP contribution in [0.25, 0.3) is 0 Å². The number of carbonyl (C=O) groups is 2. The number of ether oxygens (including phenoxy) is 3. The topological polar surface area (TPSA) is 86.2 Å². The van der Waals surface area contributed by atoms with Crippen LogP contribution in [0.3, 0.4) is 0 Å². The number of hydrogen-bond donors (Lipinski definition) is 1. The van der Waals surface area contributed by atoms with E-state index in [2.05, 4.69) is 10.5 Å². The molecule has 1 amide bonds. The summed E-state index contributed by atoms with van der Waals surface area (Å²) in [7, 11) is 0. The highest BCUT2D eigenvalue weighted by molar-refractivity contribution is 6.30. The lowest BCUT2D eigenvalue weighted by molar-refractivity contribution is -0.123. The molecule has 37 heavy (non-hydrogen) atoms. The van der Waals surface area contributed by atoms with Gasteiger partial charge in [-0.15, -0.1) is 0 Å². The third kappa shape index (κ3) is 8.23. The fourth-order valence-electron chi connectivity index (χ4n) is 3.14. The summed E-state index contributed by atoms with van der Waals surface area (Å²) in [5.74, 6) is 0.693. The number of hydrogen-bond acceptors (Lipinski definition) is 6. The van der Waals surface area contributed by atoms with E-state index in [-0.39, 0.29) is 6.61 Å². The summed E-state index contributed by atoms with van der Waals surface area (Å²) in [5.41, 5.74) is 4.55. The summed E-state index contributed by atoms with van der Waals surface area (Å²) in [6.45, 7) is 0.276. The molecule has 0 aliphatic heterocycles. The molecule has 0 spiro atoms. The summed E-state index contributed by atoms with van der Waals surface area (Å²) in [5, 5.41) is 4.38. The number of rotatable bonds is 10. The molecule has 0 aliphatic carbocycles. The number of amides is 1. The van der Waals surface area contributed by atoms with Crippen LogP contribution in [-0.4, -0.2) is 24.7 Å². The van der Waals surface area contributed by atoms with Crippen molar-refractivity contribution in [1.82, 2.24) is 5.43 Å². The van der Waals surface area contributed by atoms with E-state index in [0.717, 1.165) is 5.56 Å². The Kier molecular flexibility index (Phi) is 8.88. The maximum atomic E-state index is 12.2. The Bertz CT molecular complexity index is 1360. The molecule has 186 valence electrons. The van der Waals surface area contributed by atoms with Gasteiger partial charge in [-0.1, -0.05) is 48.0 Å². The highest BCUT2D eigenvalue weighted by Gasteiger charge is 2.09. The van der Waals surface area contributed by atoms with Gasteiger partial charge in [0.2, 0.25) is 0 Å². The Morgan fingerprint density at radius 1 is 0.784 bits per heavy atom. The molecule has 0 saturated carbocycles. The van der Waals surface area contributed by atoms with Crippen molar-refractivity contribution in [3.8, 4) is 17.2 Å². The molecule has 0 bridgehead atoms. The summed E-state index contributed by atoms with van der Waals surface area (Å²) in [6.07, 6.45) is 1.47. The Morgan fingerprint density at radius 3 is 2.16 bits per heavy atom. The first-order valence-corrected chi connectivity index (χ1v) is 11.7. The van der Waals surface area contributed by atoms with Gasteiger partial charge in [0.1, 0.15) is 23.9 Å². The third-order valence-corrected chi connectivity index (χ3v) is 5.23. The first-order chi connectivity index (χ1) is 18.0. The number of esters is 1. The molecule has 0 unspecified atom stereocenters. The minimum atomic E-state index is -0.509. The van der Waals surface area contributed by atoms with E-state index in [1.165, 1.54) is 12.3 Å². The van der Waals surface area contributed by atoms with Crippen LogP contribution in [-0.2, 0) is 11.4 Å². The minimum absolute atomic E-state index is 0.194. The molecule has 0 saturated heterocycles. The van der Waals surface area contributed by atoms with E-state index in [1.807, 2.05) is 30.3 Å². The lowest BCUT2D eigenvalue weighted by Gasteiger charge is -2.08. The normalized spacial score (nSPS) is 10.6. The monoisotopic (exact) mass is 514 g/mol. The Morgan fingerprint density at radius 2 is 1.46 bits per heavy atom. The zero-order valence-electron chi connectivity index (χ0n) is 19.7. The molecule has 4 aromatic rings. The van der Waals surface area contributed by atoms with E-state index in [1.54, 1.807) is 66.7 Å². The van der Waals surface area contributed by atoms with Gasteiger partial charge in [-0.2, -0.15) is 5.10 Å². The molecule has 0 fully saturated rings. The number of halogens is 1. The molecule has 8 heteroatoms. The molecular formula is C29H23ClN2O5. The lowest BCUT2D eigenvalue weighted by Crippen LogP contribution is -2.24. The molecule has 0 aromatic heterocycles. The number of nitrogens with one attached hydrogen (secondary N) is 1. The molecule has 4 aromatic carbocycles. The largest absolute Gasteiger partial charge is 0.489 e. The average molecular weight is 515 g/mol. The summed E-state index contributed by atoms with van der Waals surface area (Å²) in [4.78, 5) is 24.2. The second-order valence-electron chi connectivity index (χ2n) is 7.80. The fraction of sp³-hybridized carbons (Fsp3) is 0.0690. The molecule has 0 heterocycles. The van der Waals surface area contributed by atoms with Crippen molar-refractivity contribution in [2.45, 2.75) is 6.61 Å². The van der Waals surface area contributed by atoms with Crippen LogP contribution in [0.4, 0.5) is 0 Å². The predicted molar refractivity (Wildman–Crippen MR) is 141 cm³/mol. The van der Waals surface area contributed by atoms with Gasteiger partial charge in [0.05, 0.1) is 11.8 Å². The number of hydrazone groups is 1. The van der Waals surface area contributed by atoms with Gasteiger partial charge in [-0.05, 0) is 77.9 Å². The molecule has 0 radical (unpaired) electrons. The van der Waals surface area contributed by atoms with Gasteiger partial charge in [0, 0.05) is 5.02 Å². The van der Waals surface area contributed by atoms with Gasteiger partial charge in [0.25, 0.3) is 5.91 Å². The van der Waals surface area contributed by atoms with E-state index < -0.39 is 11.9 Å². The van der Waals surface area contributed by atoms with Crippen LogP contribution < -0.4 is 19.6 Å². The van der Waals surface area contributed by atoms with Crippen molar-refractivity contribution in [3.63, 3.8) is 0 Å². The highest BCUT2D eigenvalue weighted by atomic mass is 35.5. The zero-order valence-corrected chi connectivity index (χ0v) is 20.4. The molecule has 0 atom stereocenters. The van der Waals surface area contributed by atoms with Crippen LogP contribution in [0.5, 0.6) is 17.2 Å². The predicted octanol–water partition coefficient (Wildman–Crippen LogP) is 5.67. The summed E-state index contributed by atoms with van der Waals surface area (Å²) < 4.78 is 16.6. The lowest BCUT2D eigenvalue weighted by atomic mass is 10.2. The number of carbonyl (C=O) groups excluding carboxylic acids is 2. The fourth-order valence-corrected chi connectivity index (χ4v) is 3.33. The van der Waals surface area contributed by atoms with Gasteiger partial charge < -0.3 is 14.2 Å². The van der Waals surface area contributed by atoms with E-state index in [4.69, 9.17) is 25.8 Å². The van der Waals surface area contributed by atoms with Crippen LogP contribution in [0, 0.1) is 0 Å². The van der Waals surface area contributed by atoms with Gasteiger partial charge in [0.15, 0.2) is 6.61 Å². The average Bonchev–Trinajstić information content (AvgIpc) is 2.93. The molecule has 7 nitrogen and oxygen atoms in total. The van der Waals surface area contributed by atoms with Crippen LogP contribution in [0.2, 0.25) is 5.02 Å². The van der Waals surface area contributed by atoms with Crippen LogP contribution in [0.1, 0.15) is 21.5 Å². The molecular weight excluding hydrogens is 492 g/mol.